The first-order chi connectivity index (χ1) is 14.2. The molecule has 1 fully saturated rings. The third kappa shape index (κ3) is 5.52. The largest absolute Gasteiger partial charge is 0.368 e. The van der Waals surface area contributed by atoms with E-state index in [9.17, 15) is 4.79 Å². The van der Waals surface area contributed by atoms with Crippen LogP contribution in [0.5, 0.6) is 0 Å². The molecule has 31 heavy (non-hydrogen) atoms. The highest BCUT2D eigenvalue weighted by Gasteiger charge is 2.27. The fourth-order valence-electron chi connectivity index (χ4n) is 3.84. The molecule has 0 radical (unpaired) electrons. The van der Waals surface area contributed by atoms with Gasteiger partial charge >= 0.3 is 0 Å². The second-order valence-electron chi connectivity index (χ2n) is 12.0. The molecule has 1 amide bonds. The molecule has 1 aromatic heterocycles. The Morgan fingerprint density at radius 3 is 1.68 bits per heavy atom. The van der Waals surface area contributed by atoms with Crippen molar-refractivity contribution in [3.05, 3.63) is 51.2 Å². The van der Waals surface area contributed by atoms with Crippen LogP contribution in [0.25, 0.3) is 0 Å². The van der Waals surface area contributed by atoms with Gasteiger partial charge in [-0.05, 0) is 51.6 Å². The van der Waals surface area contributed by atoms with Gasteiger partial charge in [-0.3, -0.25) is 4.79 Å². The number of piperazine rings is 1. The Kier molecular flexibility index (Phi) is 6.36. The van der Waals surface area contributed by atoms with Crippen LogP contribution in [0.15, 0.2) is 30.3 Å². The van der Waals surface area contributed by atoms with Crippen molar-refractivity contribution in [3.63, 3.8) is 0 Å². The minimum atomic E-state index is 0.0880. The number of nitrogens with zero attached hydrogens (tertiary/aromatic N) is 2. The summed E-state index contributed by atoms with van der Waals surface area (Å²) in [5.41, 5.74) is 4.35. The molecular weight excluding hydrogens is 400 g/mol. The van der Waals surface area contributed by atoms with Crippen molar-refractivity contribution < 1.29 is 4.79 Å². The molecule has 0 atom stereocenters. The number of amides is 1. The lowest BCUT2D eigenvalue weighted by Crippen LogP contribution is -2.48. The number of carbonyl (C=O) groups excluding carboxylic acids is 1. The first-order valence-electron chi connectivity index (χ1n) is 11.5. The summed E-state index contributed by atoms with van der Waals surface area (Å²) in [6.07, 6.45) is 0. The molecular formula is C27H40N2OS. The molecule has 0 saturated carbocycles. The van der Waals surface area contributed by atoms with Crippen LogP contribution in [0.3, 0.4) is 0 Å². The average Bonchev–Trinajstić information content (AvgIpc) is 3.16. The molecule has 1 aliphatic heterocycles. The molecule has 0 spiro atoms. The van der Waals surface area contributed by atoms with Gasteiger partial charge < -0.3 is 9.80 Å². The van der Waals surface area contributed by atoms with Gasteiger partial charge in [-0.15, -0.1) is 11.3 Å². The van der Waals surface area contributed by atoms with Gasteiger partial charge in [0.05, 0.1) is 4.88 Å². The molecule has 170 valence electrons. The number of thiophene rings is 1. The van der Waals surface area contributed by atoms with E-state index >= 15 is 0 Å². The Morgan fingerprint density at radius 1 is 0.742 bits per heavy atom. The first kappa shape index (κ1) is 23.8. The summed E-state index contributed by atoms with van der Waals surface area (Å²) in [5.74, 6) is 0.180. The Balaban J connectivity index is 1.76. The molecule has 0 bridgehead atoms. The lowest BCUT2D eigenvalue weighted by atomic mass is 9.80. The zero-order chi connectivity index (χ0) is 23.2. The van der Waals surface area contributed by atoms with Crippen molar-refractivity contribution in [1.82, 2.24) is 4.90 Å². The second kappa shape index (κ2) is 8.27. The highest BCUT2D eigenvalue weighted by atomic mass is 32.1. The molecule has 3 nitrogen and oxygen atoms in total. The summed E-state index contributed by atoms with van der Waals surface area (Å²) in [6, 6.07) is 11.2. The SMILES string of the molecule is CC(C)(C)c1cc(N2CCN(C(=O)c3ccc(C(C)(C)C)s3)CC2)cc(C(C)(C)C)c1. The highest BCUT2D eigenvalue weighted by Crippen LogP contribution is 2.34. The van der Waals surface area contributed by atoms with Crippen LogP contribution in [-0.4, -0.2) is 37.0 Å². The second-order valence-corrected chi connectivity index (χ2v) is 13.0. The van der Waals surface area contributed by atoms with Crippen LogP contribution in [0.1, 0.15) is 88.0 Å². The monoisotopic (exact) mass is 440 g/mol. The normalized spacial score (nSPS) is 16.0. The zero-order valence-electron chi connectivity index (χ0n) is 20.9. The number of anilines is 1. The Bertz CT molecular complexity index is 897. The van der Waals surface area contributed by atoms with E-state index in [1.54, 1.807) is 11.3 Å². The maximum absolute atomic E-state index is 13.1. The minimum Gasteiger partial charge on any atom is -0.368 e. The maximum Gasteiger partial charge on any atom is 0.264 e. The molecule has 0 unspecified atom stereocenters. The van der Waals surface area contributed by atoms with Crippen LogP contribution >= 0.6 is 11.3 Å². The van der Waals surface area contributed by atoms with Crippen LogP contribution in [-0.2, 0) is 16.2 Å². The van der Waals surface area contributed by atoms with Crippen molar-refractivity contribution in [1.29, 1.82) is 0 Å². The fourth-order valence-corrected chi connectivity index (χ4v) is 4.87. The lowest BCUT2D eigenvalue weighted by molar-refractivity contribution is 0.0751. The van der Waals surface area contributed by atoms with Gasteiger partial charge in [-0.25, -0.2) is 0 Å². The van der Waals surface area contributed by atoms with Gasteiger partial charge in [0.25, 0.3) is 5.91 Å². The maximum atomic E-state index is 13.1. The van der Waals surface area contributed by atoms with Crippen molar-refractivity contribution in [3.8, 4) is 0 Å². The quantitative estimate of drug-likeness (QED) is 0.525. The predicted molar refractivity (Wildman–Crippen MR) is 135 cm³/mol. The number of carbonyl (C=O) groups is 1. The summed E-state index contributed by atoms with van der Waals surface area (Å²) >= 11 is 1.64. The predicted octanol–water partition coefficient (Wildman–Crippen LogP) is 6.60. The van der Waals surface area contributed by atoms with Crippen LogP contribution in [0, 0.1) is 0 Å². The van der Waals surface area contributed by atoms with Gasteiger partial charge in [0.1, 0.15) is 0 Å². The van der Waals surface area contributed by atoms with Crippen molar-refractivity contribution >= 4 is 22.9 Å². The molecule has 1 saturated heterocycles. The minimum absolute atomic E-state index is 0.0880. The molecule has 2 heterocycles. The average molecular weight is 441 g/mol. The van der Waals surface area contributed by atoms with Crippen LogP contribution in [0.4, 0.5) is 5.69 Å². The van der Waals surface area contributed by atoms with Gasteiger partial charge in [0.2, 0.25) is 0 Å². The van der Waals surface area contributed by atoms with E-state index in [-0.39, 0.29) is 22.2 Å². The van der Waals surface area contributed by atoms with Crippen molar-refractivity contribution in [2.75, 3.05) is 31.1 Å². The van der Waals surface area contributed by atoms with E-state index in [1.165, 1.54) is 21.7 Å². The Morgan fingerprint density at radius 2 is 1.26 bits per heavy atom. The number of hydrogen-bond donors (Lipinski definition) is 0. The van der Waals surface area contributed by atoms with Crippen molar-refractivity contribution in [2.45, 2.75) is 78.6 Å². The number of hydrogen-bond acceptors (Lipinski definition) is 3. The van der Waals surface area contributed by atoms with E-state index in [0.29, 0.717) is 0 Å². The lowest BCUT2D eigenvalue weighted by Gasteiger charge is -2.37. The number of benzene rings is 1. The molecule has 2 aromatic rings. The fraction of sp³-hybridized carbons (Fsp3) is 0.593. The molecule has 1 aliphatic rings. The third-order valence-electron chi connectivity index (χ3n) is 6.14. The van der Waals surface area contributed by atoms with E-state index in [2.05, 4.69) is 91.5 Å². The summed E-state index contributed by atoms with van der Waals surface area (Å²) in [5, 5.41) is 0. The molecule has 4 heteroatoms. The topological polar surface area (TPSA) is 23.6 Å². The van der Waals surface area contributed by atoms with Crippen LogP contribution < -0.4 is 4.90 Å². The van der Waals surface area contributed by atoms with E-state index in [0.717, 1.165) is 31.1 Å². The molecule has 0 N–H and O–H groups in total. The van der Waals surface area contributed by atoms with E-state index in [4.69, 9.17) is 0 Å². The van der Waals surface area contributed by atoms with Crippen molar-refractivity contribution in [2.24, 2.45) is 0 Å². The van der Waals surface area contributed by atoms with Gasteiger partial charge in [-0.2, -0.15) is 0 Å². The zero-order valence-corrected chi connectivity index (χ0v) is 21.7. The highest BCUT2D eigenvalue weighted by molar-refractivity contribution is 7.14. The Labute approximate surface area is 193 Å². The van der Waals surface area contributed by atoms with Gasteiger partial charge in [0.15, 0.2) is 0 Å². The summed E-state index contributed by atoms with van der Waals surface area (Å²) in [7, 11) is 0. The number of rotatable bonds is 2. The standard InChI is InChI=1S/C27H40N2OS/c1-25(2,3)19-16-20(26(4,5)6)18-21(17-19)28-12-14-29(15-13-28)24(30)22-10-11-23(31-22)27(7,8)9/h10-11,16-18H,12-15H2,1-9H3. The van der Waals surface area contributed by atoms with E-state index in [1.807, 2.05) is 11.0 Å². The first-order valence-corrected chi connectivity index (χ1v) is 12.3. The third-order valence-corrected chi connectivity index (χ3v) is 7.64. The molecule has 3 rings (SSSR count). The Hall–Kier alpha value is -1.81. The van der Waals surface area contributed by atoms with Gasteiger partial charge in [0, 0.05) is 36.7 Å². The van der Waals surface area contributed by atoms with Gasteiger partial charge in [-0.1, -0.05) is 68.4 Å². The van der Waals surface area contributed by atoms with Crippen LogP contribution in [0.2, 0.25) is 0 Å². The van der Waals surface area contributed by atoms with E-state index < -0.39 is 0 Å². The summed E-state index contributed by atoms with van der Waals surface area (Å²) < 4.78 is 0. The molecule has 1 aromatic carbocycles. The summed E-state index contributed by atoms with van der Waals surface area (Å²) in [4.78, 5) is 19.7. The smallest absolute Gasteiger partial charge is 0.264 e. The molecule has 0 aliphatic carbocycles. The summed E-state index contributed by atoms with van der Waals surface area (Å²) in [6.45, 7) is 23.6.